The van der Waals surface area contributed by atoms with Crippen LogP contribution in [0.25, 0.3) is 0 Å². The Balaban J connectivity index is 1.77. The molecule has 0 amide bonds. The Hall–Kier alpha value is -1.81. The highest BCUT2D eigenvalue weighted by molar-refractivity contribution is 9.10. The van der Waals surface area contributed by atoms with Crippen LogP contribution in [0.2, 0.25) is 0 Å². The van der Waals surface area contributed by atoms with Gasteiger partial charge in [-0.15, -0.1) is 0 Å². The van der Waals surface area contributed by atoms with Crippen LogP contribution in [0.1, 0.15) is 23.5 Å². The van der Waals surface area contributed by atoms with Crippen LogP contribution in [0, 0.1) is 5.41 Å². The van der Waals surface area contributed by atoms with E-state index in [0.29, 0.717) is 5.92 Å². The first-order valence-electron chi connectivity index (χ1n) is 7.09. The lowest BCUT2D eigenvalue weighted by molar-refractivity contribution is 0.775. The fraction of sp³-hybridized carbons (Fsp3) is 0.235. The Morgan fingerprint density at radius 1 is 1.19 bits per heavy atom. The lowest BCUT2D eigenvalue weighted by atomic mass is 9.99. The third-order valence-electron chi connectivity index (χ3n) is 4.07. The van der Waals surface area contributed by atoms with Crippen molar-refractivity contribution in [2.75, 3.05) is 18.0 Å². The Morgan fingerprint density at radius 2 is 1.95 bits per heavy atom. The third-order valence-corrected chi connectivity index (χ3v) is 4.72. The molecule has 1 fully saturated rings. The minimum atomic E-state index is 0.0945. The van der Waals surface area contributed by atoms with Crippen LogP contribution in [0.15, 0.2) is 53.0 Å². The number of anilines is 1. The number of halogens is 1. The largest absolute Gasteiger partial charge is 0.384 e. The molecule has 21 heavy (non-hydrogen) atoms. The van der Waals surface area contributed by atoms with Gasteiger partial charge in [-0.3, -0.25) is 5.41 Å². The Labute approximate surface area is 133 Å². The van der Waals surface area contributed by atoms with Gasteiger partial charge in [-0.1, -0.05) is 30.3 Å². The molecule has 108 valence electrons. The molecule has 3 N–H and O–H groups in total. The molecule has 1 heterocycles. The second-order valence-electron chi connectivity index (χ2n) is 5.42. The van der Waals surface area contributed by atoms with Crippen molar-refractivity contribution in [3.05, 3.63) is 64.1 Å². The molecular weight excluding hydrogens is 326 g/mol. The van der Waals surface area contributed by atoms with Crippen molar-refractivity contribution in [3.63, 3.8) is 0 Å². The summed E-state index contributed by atoms with van der Waals surface area (Å²) in [7, 11) is 0. The van der Waals surface area contributed by atoms with Crippen molar-refractivity contribution < 1.29 is 0 Å². The van der Waals surface area contributed by atoms with Crippen molar-refractivity contribution in [3.8, 4) is 0 Å². The van der Waals surface area contributed by atoms with Crippen LogP contribution in [-0.2, 0) is 0 Å². The van der Waals surface area contributed by atoms with E-state index < -0.39 is 0 Å². The minimum Gasteiger partial charge on any atom is -0.384 e. The summed E-state index contributed by atoms with van der Waals surface area (Å²) in [6.45, 7) is 2.10. The Bertz CT molecular complexity index is 654. The number of benzene rings is 2. The van der Waals surface area contributed by atoms with Gasteiger partial charge < -0.3 is 10.6 Å². The third kappa shape index (κ3) is 2.95. The second kappa shape index (κ2) is 5.90. The van der Waals surface area contributed by atoms with E-state index in [2.05, 4.69) is 63.3 Å². The van der Waals surface area contributed by atoms with Crippen molar-refractivity contribution in [2.24, 2.45) is 5.73 Å². The molecule has 1 saturated heterocycles. The first-order valence-corrected chi connectivity index (χ1v) is 7.88. The van der Waals surface area contributed by atoms with Gasteiger partial charge in [0.2, 0.25) is 0 Å². The summed E-state index contributed by atoms with van der Waals surface area (Å²) in [6.07, 6.45) is 1.18. The number of amidine groups is 1. The number of nitrogen functional groups attached to an aromatic ring is 1. The monoisotopic (exact) mass is 343 g/mol. The standard InChI is InChI=1S/C17H18BrN3/c18-16-10-14(6-7-15(16)17(19)20)21-9-8-13(11-21)12-4-2-1-3-5-12/h1-7,10,13H,8-9,11H2,(H3,19,20). The van der Waals surface area contributed by atoms with Gasteiger partial charge >= 0.3 is 0 Å². The fourth-order valence-electron chi connectivity index (χ4n) is 2.91. The summed E-state index contributed by atoms with van der Waals surface area (Å²) in [6, 6.07) is 16.7. The van der Waals surface area contributed by atoms with Crippen LogP contribution in [0.5, 0.6) is 0 Å². The SMILES string of the molecule is N=C(N)c1ccc(N2CCC(c3ccccc3)C2)cc1Br. The lowest BCUT2D eigenvalue weighted by Gasteiger charge is -2.20. The molecule has 0 aliphatic carbocycles. The van der Waals surface area contributed by atoms with Crippen molar-refractivity contribution in [1.82, 2.24) is 0 Å². The summed E-state index contributed by atoms with van der Waals surface area (Å²) in [4.78, 5) is 2.40. The maximum absolute atomic E-state index is 7.53. The van der Waals surface area contributed by atoms with E-state index in [1.54, 1.807) is 0 Å². The normalized spacial score (nSPS) is 18.0. The van der Waals surface area contributed by atoms with E-state index >= 15 is 0 Å². The van der Waals surface area contributed by atoms with E-state index in [1.165, 1.54) is 17.7 Å². The molecule has 3 rings (SSSR count). The predicted molar refractivity (Wildman–Crippen MR) is 91.2 cm³/mol. The van der Waals surface area contributed by atoms with Crippen LogP contribution < -0.4 is 10.6 Å². The molecule has 1 unspecified atom stereocenters. The number of hydrogen-bond donors (Lipinski definition) is 2. The van der Waals surface area contributed by atoms with Crippen molar-refractivity contribution in [1.29, 1.82) is 5.41 Å². The summed E-state index contributed by atoms with van der Waals surface area (Å²) >= 11 is 3.51. The van der Waals surface area contributed by atoms with E-state index in [9.17, 15) is 0 Å². The van der Waals surface area contributed by atoms with Gasteiger partial charge in [0.15, 0.2) is 0 Å². The van der Waals surface area contributed by atoms with Gasteiger partial charge in [0.05, 0.1) is 0 Å². The quantitative estimate of drug-likeness (QED) is 0.659. The van der Waals surface area contributed by atoms with Gasteiger partial charge in [0.25, 0.3) is 0 Å². The Kier molecular flexibility index (Phi) is 3.97. The molecule has 0 spiro atoms. The molecule has 1 atom stereocenters. The molecule has 0 radical (unpaired) electrons. The highest BCUT2D eigenvalue weighted by Gasteiger charge is 2.24. The Morgan fingerprint density at radius 3 is 2.62 bits per heavy atom. The summed E-state index contributed by atoms with van der Waals surface area (Å²) in [5, 5.41) is 7.53. The molecular formula is C17H18BrN3. The van der Waals surface area contributed by atoms with Crippen LogP contribution in [0.4, 0.5) is 5.69 Å². The number of hydrogen-bond acceptors (Lipinski definition) is 2. The molecule has 4 heteroatoms. The highest BCUT2D eigenvalue weighted by Crippen LogP contribution is 2.32. The average molecular weight is 344 g/mol. The molecule has 2 aromatic carbocycles. The highest BCUT2D eigenvalue weighted by atomic mass is 79.9. The number of rotatable bonds is 3. The number of nitrogens with two attached hydrogens (primary N) is 1. The smallest absolute Gasteiger partial charge is 0.123 e. The molecule has 2 aromatic rings. The topological polar surface area (TPSA) is 53.1 Å². The van der Waals surface area contributed by atoms with Crippen LogP contribution >= 0.6 is 15.9 Å². The molecule has 0 aromatic heterocycles. The lowest BCUT2D eigenvalue weighted by Crippen LogP contribution is -2.20. The first kappa shape index (κ1) is 14.1. The van der Waals surface area contributed by atoms with Crippen LogP contribution in [-0.4, -0.2) is 18.9 Å². The summed E-state index contributed by atoms with van der Waals surface area (Å²) in [5.74, 6) is 0.689. The van der Waals surface area contributed by atoms with Gasteiger partial charge in [-0.25, -0.2) is 0 Å². The van der Waals surface area contributed by atoms with Gasteiger partial charge in [-0.2, -0.15) is 0 Å². The van der Waals surface area contributed by atoms with Crippen LogP contribution in [0.3, 0.4) is 0 Å². The van der Waals surface area contributed by atoms with E-state index in [4.69, 9.17) is 11.1 Å². The predicted octanol–water partition coefficient (Wildman–Crippen LogP) is 3.73. The minimum absolute atomic E-state index is 0.0945. The van der Waals surface area contributed by atoms with Gasteiger partial charge in [0, 0.05) is 34.7 Å². The molecule has 1 aliphatic heterocycles. The van der Waals surface area contributed by atoms with Gasteiger partial charge in [-0.05, 0) is 46.1 Å². The maximum Gasteiger partial charge on any atom is 0.123 e. The zero-order chi connectivity index (χ0) is 14.8. The first-order chi connectivity index (χ1) is 10.1. The van der Waals surface area contributed by atoms with E-state index in [1.807, 2.05) is 6.07 Å². The van der Waals surface area contributed by atoms with Gasteiger partial charge in [0.1, 0.15) is 5.84 Å². The molecule has 0 bridgehead atoms. The van der Waals surface area contributed by atoms with E-state index in [0.717, 1.165) is 23.1 Å². The van der Waals surface area contributed by atoms with Crippen molar-refractivity contribution in [2.45, 2.75) is 12.3 Å². The second-order valence-corrected chi connectivity index (χ2v) is 6.27. The zero-order valence-electron chi connectivity index (χ0n) is 11.7. The maximum atomic E-state index is 7.53. The number of nitrogens with zero attached hydrogens (tertiary/aromatic N) is 1. The fourth-order valence-corrected chi connectivity index (χ4v) is 3.49. The molecule has 0 saturated carbocycles. The zero-order valence-corrected chi connectivity index (χ0v) is 13.3. The summed E-state index contributed by atoms with van der Waals surface area (Å²) in [5.41, 5.74) is 8.91. The number of nitrogens with one attached hydrogen (secondary N) is 1. The van der Waals surface area contributed by atoms with E-state index in [-0.39, 0.29) is 5.84 Å². The summed E-state index contributed by atoms with van der Waals surface area (Å²) < 4.78 is 0.885. The van der Waals surface area contributed by atoms with Crippen molar-refractivity contribution >= 4 is 27.5 Å². The molecule has 1 aliphatic rings. The average Bonchev–Trinajstić information content (AvgIpc) is 2.97. The molecule has 3 nitrogen and oxygen atoms in total.